The van der Waals surface area contributed by atoms with Gasteiger partial charge < -0.3 is 4.74 Å². The van der Waals surface area contributed by atoms with Gasteiger partial charge in [-0.3, -0.25) is 9.71 Å². The van der Waals surface area contributed by atoms with Gasteiger partial charge in [-0.2, -0.15) is 0 Å². The average Bonchev–Trinajstić information content (AvgIpc) is 3.47. The number of hydrogen-bond acceptors (Lipinski definition) is 4. The molecule has 8 heteroatoms. The summed E-state index contributed by atoms with van der Waals surface area (Å²) < 4.78 is 60.1. The van der Waals surface area contributed by atoms with Crippen molar-refractivity contribution >= 4 is 15.7 Å². The highest BCUT2D eigenvalue weighted by Gasteiger charge is 2.29. The zero-order valence-electron chi connectivity index (χ0n) is 17.4. The van der Waals surface area contributed by atoms with Crippen molar-refractivity contribution in [2.24, 2.45) is 0 Å². The van der Waals surface area contributed by atoms with Crippen molar-refractivity contribution in [3.05, 3.63) is 71.1 Å². The Kier molecular flexibility index (Phi) is 5.43. The predicted octanol–water partition coefficient (Wildman–Crippen LogP) is 5.68. The van der Waals surface area contributed by atoms with Crippen molar-refractivity contribution < 1.29 is 21.9 Å². The van der Waals surface area contributed by atoms with Crippen molar-refractivity contribution in [3.63, 3.8) is 0 Å². The molecule has 1 N–H and O–H groups in total. The standard InChI is InChI=1S/C23H22F2N2O3S/c1-13-8-16(9-14(2)26-13)19-11-21(27-31(3,28)29)18(15-4-5-15)12-23(19)30-22-7-6-17(24)10-20(22)25/h6-12,15,27H,4-5H2,1-3H3. The first-order valence-electron chi connectivity index (χ1n) is 9.83. The van der Waals surface area contributed by atoms with E-state index in [4.69, 9.17) is 4.74 Å². The Morgan fingerprint density at radius 1 is 1.00 bits per heavy atom. The molecule has 0 saturated heterocycles. The third kappa shape index (κ3) is 5.02. The monoisotopic (exact) mass is 444 g/mol. The normalized spacial score (nSPS) is 13.8. The Hall–Kier alpha value is -3.00. The van der Waals surface area contributed by atoms with Crippen LogP contribution in [0.15, 0.2) is 42.5 Å². The van der Waals surface area contributed by atoms with Gasteiger partial charge in [-0.1, -0.05) is 0 Å². The average molecular weight is 445 g/mol. The van der Waals surface area contributed by atoms with Crippen LogP contribution in [0.5, 0.6) is 11.5 Å². The van der Waals surface area contributed by atoms with Crippen LogP contribution >= 0.6 is 0 Å². The largest absolute Gasteiger partial charge is 0.454 e. The first-order valence-corrected chi connectivity index (χ1v) is 11.7. The number of ether oxygens (including phenoxy) is 1. The molecule has 1 aromatic heterocycles. The van der Waals surface area contributed by atoms with Crippen LogP contribution in [-0.2, 0) is 10.0 Å². The van der Waals surface area contributed by atoms with E-state index in [-0.39, 0.29) is 11.7 Å². The number of rotatable bonds is 6. The van der Waals surface area contributed by atoms with Gasteiger partial charge in [0.1, 0.15) is 11.6 Å². The van der Waals surface area contributed by atoms with E-state index in [9.17, 15) is 17.2 Å². The number of anilines is 1. The minimum absolute atomic E-state index is 0.115. The Bertz CT molecular complexity index is 1250. The molecule has 4 rings (SSSR count). The quantitative estimate of drug-likeness (QED) is 0.531. The summed E-state index contributed by atoms with van der Waals surface area (Å²) in [6.45, 7) is 3.70. The summed E-state index contributed by atoms with van der Waals surface area (Å²) in [5.74, 6) is -1.08. The smallest absolute Gasteiger partial charge is 0.229 e. The lowest BCUT2D eigenvalue weighted by Gasteiger charge is -2.18. The number of nitrogens with one attached hydrogen (secondary N) is 1. The van der Waals surface area contributed by atoms with Crippen LogP contribution in [0.4, 0.5) is 14.5 Å². The molecule has 0 aliphatic heterocycles. The van der Waals surface area contributed by atoms with Gasteiger partial charge in [-0.15, -0.1) is 0 Å². The molecule has 1 fully saturated rings. The molecule has 31 heavy (non-hydrogen) atoms. The van der Waals surface area contributed by atoms with Crippen LogP contribution in [0.1, 0.15) is 35.7 Å². The lowest BCUT2D eigenvalue weighted by atomic mass is 9.98. The highest BCUT2D eigenvalue weighted by molar-refractivity contribution is 7.92. The van der Waals surface area contributed by atoms with Crippen molar-refractivity contribution in [2.45, 2.75) is 32.6 Å². The Morgan fingerprint density at radius 2 is 1.68 bits per heavy atom. The van der Waals surface area contributed by atoms with Gasteiger partial charge in [0.15, 0.2) is 11.6 Å². The summed E-state index contributed by atoms with van der Waals surface area (Å²) in [6.07, 6.45) is 2.95. The molecule has 0 amide bonds. The minimum Gasteiger partial charge on any atom is -0.454 e. The maximum absolute atomic E-state index is 14.3. The SMILES string of the molecule is Cc1cc(-c2cc(NS(C)(=O)=O)c(C3CC3)cc2Oc2ccc(F)cc2F)cc(C)n1. The van der Waals surface area contributed by atoms with Crippen molar-refractivity contribution in [1.29, 1.82) is 0 Å². The van der Waals surface area contributed by atoms with Gasteiger partial charge in [0.2, 0.25) is 10.0 Å². The third-order valence-electron chi connectivity index (χ3n) is 4.97. The van der Waals surface area contributed by atoms with Crippen LogP contribution in [0.2, 0.25) is 0 Å². The number of sulfonamides is 1. The third-order valence-corrected chi connectivity index (χ3v) is 5.56. The topological polar surface area (TPSA) is 68.3 Å². The molecule has 0 bridgehead atoms. The molecule has 0 atom stereocenters. The molecule has 0 spiro atoms. The van der Waals surface area contributed by atoms with Crippen LogP contribution in [0, 0.1) is 25.5 Å². The number of nitrogens with zero attached hydrogens (tertiary/aromatic N) is 1. The highest BCUT2D eigenvalue weighted by atomic mass is 32.2. The van der Waals surface area contributed by atoms with E-state index < -0.39 is 21.7 Å². The molecule has 0 unspecified atom stereocenters. The summed E-state index contributed by atoms with van der Waals surface area (Å²) in [4.78, 5) is 4.38. The van der Waals surface area contributed by atoms with Crippen molar-refractivity contribution in [3.8, 4) is 22.6 Å². The van der Waals surface area contributed by atoms with Gasteiger partial charge in [-0.25, -0.2) is 17.2 Å². The molecule has 162 valence electrons. The number of hydrogen-bond donors (Lipinski definition) is 1. The van der Waals surface area contributed by atoms with E-state index in [1.807, 2.05) is 26.0 Å². The molecule has 1 saturated carbocycles. The highest BCUT2D eigenvalue weighted by Crippen LogP contribution is 2.48. The maximum Gasteiger partial charge on any atom is 0.229 e. The van der Waals surface area contributed by atoms with Gasteiger partial charge in [0.05, 0.1) is 11.9 Å². The minimum atomic E-state index is -3.51. The summed E-state index contributed by atoms with van der Waals surface area (Å²) in [7, 11) is -3.51. The summed E-state index contributed by atoms with van der Waals surface area (Å²) in [5, 5.41) is 0. The number of aryl methyl sites for hydroxylation is 2. The molecular weight excluding hydrogens is 422 g/mol. The van der Waals surface area contributed by atoms with E-state index in [2.05, 4.69) is 9.71 Å². The first-order chi connectivity index (χ1) is 14.6. The molecule has 1 aliphatic rings. The molecule has 5 nitrogen and oxygen atoms in total. The van der Waals surface area contributed by atoms with E-state index >= 15 is 0 Å². The van der Waals surface area contributed by atoms with Crippen molar-refractivity contribution in [1.82, 2.24) is 4.98 Å². The number of aromatic nitrogens is 1. The predicted molar refractivity (Wildman–Crippen MR) is 116 cm³/mol. The first kappa shape index (κ1) is 21.2. The Balaban J connectivity index is 1.91. The Morgan fingerprint density at radius 3 is 2.26 bits per heavy atom. The maximum atomic E-state index is 14.3. The van der Waals surface area contributed by atoms with E-state index in [1.165, 1.54) is 6.07 Å². The van der Waals surface area contributed by atoms with E-state index in [0.717, 1.165) is 53.7 Å². The second-order valence-corrected chi connectivity index (χ2v) is 9.65. The fraction of sp³-hybridized carbons (Fsp3) is 0.261. The second-order valence-electron chi connectivity index (χ2n) is 7.90. The fourth-order valence-electron chi connectivity index (χ4n) is 3.59. The zero-order chi connectivity index (χ0) is 22.3. The van der Waals surface area contributed by atoms with Crippen LogP contribution < -0.4 is 9.46 Å². The molecule has 1 aliphatic carbocycles. The second kappa shape index (κ2) is 7.92. The lowest BCUT2D eigenvalue weighted by Crippen LogP contribution is -2.11. The molecule has 0 radical (unpaired) electrons. The van der Waals surface area contributed by atoms with Gasteiger partial charge in [-0.05, 0) is 80.1 Å². The molecule has 2 aromatic carbocycles. The summed E-state index contributed by atoms with van der Waals surface area (Å²) >= 11 is 0. The van der Waals surface area contributed by atoms with Gasteiger partial charge in [0.25, 0.3) is 0 Å². The lowest BCUT2D eigenvalue weighted by molar-refractivity contribution is 0.438. The van der Waals surface area contributed by atoms with E-state index in [0.29, 0.717) is 17.0 Å². The zero-order valence-corrected chi connectivity index (χ0v) is 18.2. The number of benzene rings is 2. The van der Waals surface area contributed by atoms with E-state index in [1.54, 1.807) is 12.1 Å². The van der Waals surface area contributed by atoms with Gasteiger partial charge in [0, 0.05) is 23.0 Å². The number of halogens is 2. The van der Waals surface area contributed by atoms with Crippen LogP contribution in [0.25, 0.3) is 11.1 Å². The molecule has 3 aromatic rings. The summed E-state index contributed by atoms with van der Waals surface area (Å²) in [6, 6.07) is 10.3. The van der Waals surface area contributed by atoms with Crippen LogP contribution in [-0.4, -0.2) is 19.7 Å². The molecule has 1 heterocycles. The van der Waals surface area contributed by atoms with Gasteiger partial charge >= 0.3 is 0 Å². The fourth-order valence-corrected chi connectivity index (χ4v) is 4.17. The Labute approximate surface area is 180 Å². The van der Waals surface area contributed by atoms with Crippen LogP contribution in [0.3, 0.4) is 0 Å². The summed E-state index contributed by atoms with van der Waals surface area (Å²) in [5.41, 5.74) is 4.14. The number of pyridine rings is 1. The van der Waals surface area contributed by atoms with Crippen molar-refractivity contribution in [2.75, 3.05) is 11.0 Å². The molecular formula is C23H22F2N2O3S.